The van der Waals surface area contributed by atoms with E-state index in [-0.39, 0.29) is 0 Å². The van der Waals surface area contributed by atoms with Crippen LogP contribution in [-0.4, -0.2) is 20.3 Å². The molecule has 0 aliphatic rings. The van der Waals surface area contributed by atoms with Crippen molar-refractivity contribution in [3.8, 4) is 11.5 Å². The Hall–Kier alpha value is -1.64. The van der Waals surface area contributed by atoms with Crippen molar-refractivity contribution in [1.82, 2.24) is 0 Å². The molecule has 0 saturated heterocycles. The Balaban J connectivity index is 2.76. The summed E-state index contributed by atoms with van der Waals surface area (Å²) in [6.07, 6.45) is 3.98. The molecule has 0 heterocycles. The van der Waals surface area contributed by atoms with Crippen LogP contribution in [0.3, 0.4) is 0 Å². The van der Waals surface area contributed by atoms with Crippen LogP contribution >= 0.6 is 0 Å². The summed E-state index contributed by atoms with van der Waals surface area (Å²) in [5, 5.41) is 3.42. The Labute approximate surface area is 103 Å². The van der Waals surface area contributed by atoms with Crippen molar-refractivity contribution in [2.45, 2.75) is 25.8 Å². The normalized spacial score (nSPS) is 11.7. The molecule has 1 aromatic rings. The van der Waals surface area contributed by atoms with Gasteiger partial charge in [-0.1, -0.05) is 6.08 Å². The summed E-state index contributed by atoms with van der Waals surface area (Å²) in [6, 6.07) is 6.11. The molecule has 94 valence electrons. The highest BCUT2D eigenvalue weighted by molar-refractivity contribution is 5.60. The molecule has 1 atom stereocenters. The summed E-state index contributed by atoms with van der Waals surface area (Å²) in [7, 11) is 3.33. The second-order valence-corrected chi connectivity index (χ2v) is 3.98. The molecule has 0 aliphatic carbocycles. The van der Waals surface area contributed by atoms with Gasteiger partial charge in [-0.2, -0.15) is 0 Å². The Morgan fingerprint density at radius 3 is 2.71 bits per heavy atom. The third-order valence-electron chi connectivity index (χ3n) is 2.61. The summed E-state index contributed by atoms with van der Waals surface area (Å²) in [5.74, 6) is 1.65. The number of hydrogen-bond acceptors (Lipinski definition) is 3. The lowest BCUT2D eigenvalue weighted by Crippen LogP contribution is -2.15. The Kier molecular flexibility index (Phi) is 5.40. The molecule has 0 fully saturated rings. The molecular formula is C14H21NO2. The fourth-order valence-corrected chi connectivity index (χ4v) is 1.63. The minimum Gasteiger partial charge on any atom is -0.497 e. The van der Waals surface area contributed by atoms with E-state index in [9.17, 15) is 0 Å². The lowest BCUT2D eigenvalue weighted by Gasteiger charge is -2.17. The van der Waals surface area contributed by atoms with Crippen molar-refractivity contribution in [1.29, 1.82) is 0 Å². The molecule has 0 amide bonds. The van der Waals surface area contributed by atoms with Gasteiger partial charge in [-0.3, -0.25) is 0 Å². The van der Waals surface area contributed by atoms with Crippen LogP contribution < -0.4 is 14.8 Å². The molecule has 3 nitrogen and oxygen atoms in total. The quantitative estimate of drug-likeness (QED) is 0.734. The molecule has 0 radical (unpaired) electrons. The highest BCUT2D eigenvalue weighted by Gasteiger charge is 2.07. The highest BCUT2D eigenvalue weighted by Crippen LogP contribution is 2.29. The first-order valence-electron chi connectivity index (χ1n) is 5.80. The number of rotatable bonds is 7. The number of anilines is 1. The smallest absolute Gasteiger partial charge is 0.142 e. The van der Waals surface area contributed by atoms with Crippen molar-refractivity contribution in [3.05, 3.63) is 30.9 Å². The maximum atomic E-state index is 5.31. The lowest BCUT2D eigenvalue weighted by atomic mass is 10.1. The number of benzene rings is 1. The van der Waals surface area contributed by atoms with E-state index in [1.165, 1.54) is 0 Å². The molecule has 1 rings (SSSR count). The van der Waals surface area contributed by atoms with E-state index in [1.807, 2.05) is 24.3 Å². The zero-order valence-electron chi connectivity index (χ0n) is 10.8. The molecule has 3 heteroatoms. The fraction of sp³-hybridized carbons (Fsp3) is 0.429. The molecule has 0 aliphatic heterocycles. The van der Waals surface area contributed by atoms with Crippen LogP contribution in [0.25, 0.3) is 0 Å². The van der Waals surface area contributed by atoms with Gasteiger partial charge < -0.3 is 14.8 Å². The van der Waals surface area contributed by atoms with Crippen molar-refractivity contribution < 1.29 is 9.47 Å². The number of hydrogen-bond donors (Lipinski definition) is 1. The van der Waals surface area contributed by atoms with E-state index in [0.717, 1.165) is 30.0 Å². The monoisotopic (exact) mass is 235 g/mol. The topological polar surface area (TPSA) is 30.5 Å². The summed E-state index contributed by atoms with van der Waals surface area (Å²) >= 11 is 0. The second-order valence-electron chi connectivity index (χ2n) is 3.98. The number of allylic oxidation sites excluding steroid dienone is 1. The first-order valence-corrected chi connectivity index (χ1v) is 5.80. The van der Waals surface area contributed by atoms with Gasteiger partial charge in [0.15, 0.2) is 0 Å². The van der Waals surface area contributed by atoms with Crippen molar-refractivity contribution in [3.63, 3.8) is 0 Å². The average molecular weight is 235 g/mol. The maximum absolute atomic E-state index is 5.31. The highest BCUT2D eigenvalue weighted by atomic mass is 16.5. The van der Waals surface area contributed by atoms with Gasteiger partial charge in [-0.25, -0.2) is 0 Å². The van der Waals surface area contributed by atoms with Crippen LogP contribution in [-0.2, 0) is 0 Å². The van der Waals surface area contributed by atoms with E-state index >= 15 is 0 Å². The van der Waals surface area contributed by atoms with Crippen molar-refractivity contribution >= 4 is 5.69 Å². The largest absolute Gasteiger partial charge is 0.497 e. The summed E-state index contributed by atoms with van der Waals surface area (Å²) < 4.78 is 10.5. The minimum absolute atomic E-state index is 0.369. The van der Waals surface area contributed by atoms with Crippen LogP contribution in [0.5, 0.6) is 11.5 Å². The standard InChI is InChI=1S/C14H21NO2/c1-5-6-7-11(2)15-13-10-12(16-3)8-9-14(13)17-4/h5,8-11,15H,1,6-7H2,2-4H3. The van der Waals surface area contributed by atoms with E-state index < -0.39 is 0 Å². The van der Waals surface area contributed by atoms with Gasteiger partial charge >= 0.3 is 0 Å². The fourth-order valence-electron chi connectivity index (χ4n) is 1.63. The van der Waals surface area contributed by atoms with Gasteiger partial charge in [0.2, 0.25) is 0 Å². The second kappa shape index (κ2) is 6.84. The zero-order valence-corrected chi connectivity index (χ0v) is 10.8. The summed E-state index contributed by atoms with van der Waals surface area (Å²) in [4.78, 5) is 0. The predicted octanol–water partition coefficient (Wildman–Crippen LogP) is 3.47. The van der Waals surface area contributed by atoms with Gasteiger partial charge in [-0.05, 0) is 31.9 Å². The molecule has 1 N–H and O–H groups in total. The molecule has 17 heavy (non-hydrogen) atoms. The van der Waals surface area contributed by atoms with Crippen LogP contribution in [0, 0.1) is 0 Å². The van der Waals surface area contributed by atoms with E-state index in [4.69, 9.17) is 9.47 Å². The zero-order chi connectivity index (χ0) is 12.7. The van der Waals surface area contributed by atoms with Gasteiger partial charge in [0.25, 0.3) is 0 Å². The van der Waals surface area contributed by atoms with Gasteiger partial charge in [0.1, 0.15) is 11.5 Å². The summed E-state index contributed by atoms with van der Waals surface area (Å²) in [6.45, 7) is 5.87. The number of ether oxygens (including phenoxy) is 2. The Bertz CT molecular complexity index is 363. The first kappa shape index (κ1) is 13.4. The number of nitrogens with one attached hydrogen (secondary N) is 1. The predicted molar refractivity (Wildman–Crippen MR) is 72.1 cm³/mol. The number of methoxy groups -OCH3 is 2. The van der Waals surface area contributed by atoms with Gasteiger partial charge in [0, 0.05) is 12.1 Å². The molecule has 1 aromatic carbocycles. The molecule has 1 unspecified atom stereocenters. The lowest BCUT2D eigenvalue weighted by molar-refractivity contribution is 0.404. The molecule has 0 aromatic heterocycles. The van der Waals surface area contributed by atoms with Crippen LogP contribution in [0.2, 0.25) is 0 Å². The molecule has 0 spiro atoms. The maximum Gasteiger partial charge on any atom is 0.142 e. The van der Waals surface area contributed by atoms with Crippen LogP contribution in [0.4, 0.5) is 5.69 Å². The summed E-state index contributed by atoms with van der Waals surface area (Å²) in [5.41, 5.74) is 0.961. The SMILES string of the molecule is C=CCCC(C)Nc1cc(OC)ccc1OC. The van der Waals surface area contributed by atoms with E-state index in [0.29, 0.717) is 6.04 Å². The van der Waals surface area contributed by atoms with E-state index in [1.54, 1.807) is 14.2 Å². The van der Waals surface area contributed by atoms with Gasteiger partial charge in [0.05, 0.1) is 19.9 Å². The van der Waals surface area contributed by atoms with Crippen molar-refractivity contribution in [2.24, 2.45) is 0 Å². The average Bonchev–Trinajstić information content (AvgIpc) is 2.36. The molecule has 0 bridgehead atoms. The minimum atomic E-state index is 0.369. The Morgan fingerprint density at radius 1 is 1.35 bits per heavy atom. The van der Waals surface area contributed by atoms with Crippen molar-refractivity contribution in [2.75, 3.05) is 19.5 Å². The Morgan fingerprint density at radius 2 is 2.12 bits per heavy atom. The molecule has 0 saturated carbocycles. The molecular weight excluding hydrogens is 214 g/mol. The first-order chi connectivity index (χ1) is 8.21. The van der Waals surface area contributed by atoms with E-state index in [2.05, 4.69) is 18.8 Å². The van der Waals surface area contributed by atoms with Gasteiger partial charge in [-0.15, -0.1) is 6.58 Å². The van der Waals surface area contributed by atoms with Crippen LogP contribution in [0.1, 0.15) is 19.8 Å². The third-order valence-corrected chi connectivity index (χ3v) is 2.61. The third kappa shape index (κ3) is 4.02. The van der Waals surface area contributed by atoms with Crippen LogP contribution in [0.15, 0.2) is 30.9 Å².